The van der Waals surface area contributed by atoms with Gasteiger partial charge in [0, 0.05) is 0 Å². The van der Waals surface area contributed by atoms with Crippen molar-refractivity contribution >= 4 is 17.7 Å². The molecule has 0 bridgehead atoms. The standard InChI is InChI=1S/C12H17N3O3/c1-4-5-8(6-13)10(17)15-7-9(16)14-11(18)12(15,2)3/h8H,4-5,7H2,1-3H3,(H,14,16,18). The molecule has 0 aliphatic carbocycles. The molecule has 3 amide bonds. The molecule has 1 aliphatic heterocycles. The van der Waals surface area contributed by atoms with Crippen molar-refractivity contribution in [3.05, 3.63) is 0 Å². The Balaban J connectivity index is 2.98. The van der Waals surface area contributed by atoms with Gasteiger partial charge >= 0.3 is 0 Å². The molecule has 1 unspecified atom stereocenters. The van der Waals surface area contributed by atoms with Crippen molar-refractivity contribution in [1.29, 1.82) is 5.26 Å². The third-order valence-electron chi connectivity index (χ3n) is 3.08. The van der Waals surface area contributed by atoms with E-state index in [1.165, 1.54) is 4.90 Å². The number of imide groups is 1. The van der Waals surface area contributed by atoms with Crippen LogP contribution in [0.4, 0.5) is 0 Å². The SMILES string of the molecule is CCCC(C#N)C(=O)N1CC(=O)NC(=O)C1(C)C. The van der Waals surface area contributed by atoms with E-state index in [1.807, 2.05) is 13.0 Å². The number of hydrogen-bond acceptors (Lipinski definition) is 4. The van der Waals surface area contributed by atoms with Crippen molar-refractivity contribution in [3.8, 4) is 6.07 Å². The van der Waals surface area contributed by atoms with E-state index >= 15 is 0 Å². The number of carbonyl (C=O) groups excluding carboxylic acids is 3. The van der Waals surface area contributed by atoms with Gasteiger partial charge in [-0.3, -0.25) is 19.7 Å². The average Bonchev–Trinajstić information content (AvgIpc) is 2.30. The Hall–Kier alpha value is -1.90. The van der Waals surface area contributed by atoms with Crippen LogP contribution in [0.1, 0.15) is 33.6 Å². The van der Waals surface area contributed by atoms with Gasteiger partial charge in [0.05, 0.1) is 6.07 Å². The number of carbonyl (C=O) groups is 3. The average molecular weight is 251 g/mol. The fourth-order valence-electron chi connectivity index (χ4n) is 1.86. The summed E-state index contributed by atoms with van der Waals surface area (Å²) in [5.41, 5.74) is -1.10. The largest absolute Gasteiger partial charge is 0.318 e. The van der Waals surface area contributed by atoms with Crippen molar-refractivity contribution in [2.75, 3.05) is 6.54 Å². The Morgan fingerprint density at radius 1 is 1.56 bits per heavy atom. The zero-order valence-corrected chi connectivity index (χ0v) is 10.8. The molecule has 0 aromatic heterocycles. The molecule has 1 N–H and O–H groups in total. The van der Waals surface area contributed by atoms with Crippen LogP contribution in [0.5, 0.6) is 0 Å². The Bertz CT molecular complexity index is 423. The van der Waals surface area contributed by atoms with Crippen LogP contribution in [0.25, 0.3) is 0 Å². The van der Waals surface area contributed by atoms with Crippen LogP contribution in [0.15, 0.2) is 0 Å². The smallest absolute Gasteiger partial charge is 0.252 e. The Labute approximate surface area is 106 Å². The monoisotopic (exact) mass is 251 g/mol. The molecular weight excluding hydrogens is 234 g/mol. The first-order valence-corrected chi connectivity index (χ1v) is 5.90. The first kappa shape index (κ1) is 14.2. The Morgan fingerprint density at radius 2 is 2.17 bits per heavy atom. The molecule has 18 heavy (non-hydrogen) atoms. The van der Waals surface area contributed by atoms with Crippen LogP contribution in [-0.2, 0) is 14.4 Å². The molecular formula is C12H17N3O3. The highest BCUT2D eigenvalue weighted by Crippen LogP contribution is 2.22. The van der Waals surface area contributed by atoms with Gasteiger partial charge in [-0.05, 0) is 20.3 Å². The summed E-state index contributed by atoms with van der Waals surface area (Å²) in [6.07, 6.45) is 1.12. The number of amides is 3. The maximum absolute atomic E-state index is 12.2. The lowest BCUT2D eigenvalue weighted by atomic mass is 9.94. The minimum Gasteiger partial charge on any atom is -0.318 e. The third kappa shape index (κ3) is 2.50. The summed E-state index contributed by atoms with van der Waals surface area (Å²) in [5.74, 6) is -2.28. The van der Waals surface area contributed by atoms with Gasteiger partial charge in [0.15, 0.2) is 0 Å². The molecule has 0 saturated carbocycles. The molecule has 1 heterocycles. The van der Waals surface area contributed by atoms with Crippen LogP contribution < -0.4 is 5.32 Å². The van der Waals surface area contributed by atoms with E-state index in [9.17, 15) is 14.4 Å². The summed E-state index contributed by atoms with van der Waals surface area (Å²) in [4.78, 5) is 36.4. The number of hydrogen-bond donors (Lipinski definition) is 1. The van der Waals surface area contributed by atoms with Crippen LogP contribution >= 0.6 is 0 Å². The van der Waals surface area contributed by atoms with E-state index in [0.717, 1.165) is 0 Å². The minimum absolute atomic E-state index is 0.181. The first-order valence-electron chi connectivity index (χ1n) is 5.90. The van der Waals surface area contributed by atoms with Gasteiger partial charge < -0.3 is 4.90 Å². The van der Waals surface area contributed by atoms with E-state index in [2.05, 4.69) is 5.32 Å². The zero-order chi connectivity index (χ0) is 13.9. The second kappa shape index (κ2) is 5.17. The highest BCUT2D eigenvalue weighted by molar-refractivity contribution is 6.06. The highest BCUT2D eigenvalue weighted by atomic mass is 16.2. The van der Waals surface area contributed by atoms with E-state index in [1.54, 1.807) is 13.8 Å². The summed E-state index contributed by atoms with van der Waals surface area (Å²) in [5, 5.41) is 11.2. The summed E-state index contributed by atoms with van der Waals surface area (Å²) in [7, 11) is 0. The number of rotatable bonds is 3. The lowest BCUT2D eigenvalue weighted by Gasteiger charge is -2.40. The van der Waals surface area contributed by atoms with Gasteiger partial charge in [-0.2, -0.15) is 5.26 Å². The van der Waals surface area contributed by atoms with E-state index in [-0.39, 0.29) is 6.54 Å². The maximum Gasteiger partial charge on any atom is 0.252 e. The predicted octanol–water partition coefficient (Wildman–Crippen LogP) is 0.190. The molecule has 98 valence electrons. The quantitative estimate of drug-likeness (QED) is 0.725. The second-order valence-electron chi connectivity index (χ2n) is 4.83. The fraction of sp³-hybridized carbons (Fsp3) is 0.667. The van der Waals surface area contributed by atoms with Crippen LogP contribution in [0, 0.1) is 17.2 Å². The fourth-order valence-corrected chi connectivity index (χ4v) is 1.86. The zero-order valence-electron chi connectivity index (χ0n) is 10.8. The molecule has 1 fully saturated rings. The van der Waals surface area contributed by atoms with E-state index in [4.69, 9.17) is 5.26 Å². The Kier molecular flexibility index (Phi) is 4.07. The molecule has 6 nitrogen and oxygen atoms in total. The lowest BCUT2D eigenvalue weighted by Crippen LogP contribution is -2.66. The number of nitriles is 1. The van der Waals surface area contributed by atoms with E-state index < -0.39 is 29.2 Å². The van der Waals surface area contributed by atoms with E-state index in [0.29, 0.717) is 12.8 Å². The first-order chi connectivity index (χ1) is 8.34. The van der Waals surface area contributed by atoms with Gasteiger partial charge in [-0.1, -0.05) is 13.3 Å². The van der Waals surface area contributed by atoms with Gasteiger partial charge in [0.25, 0.3) is 5.91 Å². The normalized spacial score (nSPS) is 20.0. The van der Waals surface area contributed by atoms with Crippen molar-refractivity contribution in [1.82, 2.24) is 10.2 Å². The van der Waals surface area contributed by atoms with Crippen molar-refractivity contribution < 1.29 is 14.4 Å². The molecule has 0 aromatic rings. The number of piperazine rings is 1. The molecule has 6 heteroatoms. The topological polar surface area (TPSA) is 90.3 Å². The third-order valence-corrected chi connectivity index (χ3v) is 3.08. The molecule has 1 rings (SSSR count). The number of nitrogens with zero attached hydrogens (tertiary/aromatic N) is 2. The molecule has 1 atom stereocenters. The molecule has 0 radical (unpaired) electrons. The van der Waals surface area contributed by atoms with Gasteiger partial charge in [0.2, 0.25) is 11.8 Å². The maximum atomic E-state index is 12.2. The van der Waals surface area contributed by atoms with Crippen molar-refractivity contribution in [2.24, 2.45) is 5.92 Å². The number of nitrogens with one attached hydrogen (secondary N) is 1. The summed E-state index contributed by atoms with van der Waals surface area (Å²) in [6, 6.07) is 1.93. The van der Waals surface area contributed by atoms with Crippen molar-refractivity contribution in [3.63, 3.8) is 0 Å². The van der Waals surface area contributed by atoms with Gasteiger partial charge in [-0.25, -0.2) is 0 Å². The van der Waals surface area contributed by atoms with Gasteiger partial charge in [0.1, 0.15) is 18.0 Å². The van der Waals surface area contributed by atoms with Crippen LogP contribution in [0.3, 0.4) is 0 Å². The second-order valence-corrected chi connectivity index (χ2v) is 4.83. The molecule has 1 saturated heterocycles. The highest BCUT2D eigenvalue weighted by Gasteiger charge is 2.45. The molecule has 0 spiro atoms. The molecule has 1 aliphatic rings. The Morgan fingerprint density at radius 3 is 2.67 bits per heavy atom. The lowest BCUT2D eigenvalue weighted by molar-refractivity contribution is -0.156. The van der Waals surface area contributed by atoms with Crippen LogP contribution in [0.2, 0.25) is 0 Å². The van der Waals surface area contributed by atoms with Gasteiger partial charge in [-0.15, -0.1) is 0 Å². The summed E-state index contributed by atoms with van der Waals surface area (Å²) in [6.45, 7) is 4.82. The minimum atomic E-state index is -1.10. The van der Waals surface area contributed by atoms with Crippen molar-refractivity contribution in [2.45, 2.75) is 39.2 Å². The summed E-state index contributed by atoms with van der Waals surface area (Å²) >= 11 is 0. The van der Waals surface area contributed by atoms with Crippen LogP contribution in [-0.4, -0.2) is 34.7 Å². The predicted molar refractivity (Wildman–Crippen MR) is 63.0 cm³/mol. The summed E-state index contributed by atoms with van der Waals surface area (Å²) < 4.78 is 0. The molecule has 0 aromatic carbocycles.